The third kappa shape index (κ3) is 3.71. The van der Waals surface area contributed by atoms with E-state index in [9.17, 15) is 19.2 Å². The maximum atomic E-state index is 11.9. The second-order valence-electron chi connectivity index (χ2n) is 4.10. The fourth-order valence-corrected chi connectivity index (χ4v) is 1.68. The lowest BCUT2D eigenvalue weighted by Crippen LogP contribution is -2.57. The van der Waals surface area contributed by atoms with Crippen LogP contribution in [0.5, 0.6) is 0 Å². The number of ether oxygens (including phenoxy) is 2. The fourth-order valence-electron chi connectivity index (χ4n) is 1.68. The van der Waals surface area contributed by atoms with Gasteiger partial charge in [0.2, 0.25) is 0 Å². The highest BCUT2D eigenvalue weighted by molar-refractivity contribution is 6.16. The molecule has 0 bridgehead atoms. The molecule has 1 rings (SSSR count). The highest BCUT2D eigenvalue weighted by Gasteiger charge is 2.35. The van der Waals surface area contributed by atoms with Crippen LogP contribution in [0, 0.1) is 0 Å². The number of nitrogens with one attached hydrogen (secondary N) is 2. The average molecular weight is 299 g/mol. The number of hydrogen-bond donors (Lipinski definition) is 2. The molecule has 2 N–H and O–H groups in total. The van der Waals surface area contributed by atoms with Gasteiger partial charge in [0.15, 0.2) is 5.57 Å². The Labute approximate surface area is 121 Å². The summed E-state index contributed by atoms with van der Waals surface area (Å²) >= 11 is 0. The molecule has 4 amide bonds. The van der Waals surface area contributed by atoms with Gasteiger partial charge in [-0.3, -0.25) is 15.5 Å². The predicted molar refractivity (Wildman–Crippen MR) is 69.7 cm³/mol. The lowest BCUT2D eigenvalue weighted by molar-refractivity contribution is -0.144. The van der Waals surface area contributed by atoms with Crippen molar-refractivity contribution in [1.29, 1.82) is 0 Å². The quantitative estimate of drug-likeness (QED) is 0.321. The monoisotopic (exact) mass is 299 g/mol. The Kier molecular flexibility index (Phi) is 5.70. The number of urea groups is 2. The molecular weight excluding hydrogens is 282 g/mol. The summed E-state index contributed by atoms with van der Waals surface area (Å²) in [5.74, 6) is -2.25. The van der Waals surface area contributed by atoms with Crippen molar-refractivity contribution >= 4 is 24.0 Å². The molecule has 1 heterocycles. The molecule has 9 heteroatoms. The standard InChI is InChI=1S/C12H17N3O6/c1-4-5-6-15-8(13-11(18)14-12(15)19)7(9(16)20-2)10(17)21-3/h4-6H2,1-3H3,(H2,13,14,18,19). The minimum atomic E-state index is -1.01. The van der Waals surface area contributed by atoms with Crippen LogP contribution in [0.3, 0.4) is 0 Å². The minimum absolute atomic E-state index is 0.218. The van der Waals surface area contributed by atoms with E-state index in [2.05, 4.69) is 14.8 Å². The van der Waals surface area contributed by atoms with Crippen molar-refractivity contribution in [3.05, 3.63) is 11.4 Å². The number of imide groups is 1. The maximum Gasteiger partial charge on any atom is 0.349 e. The van der Waals surface area contributed by atoms with Gasteiger partial charge in [-0.2, -0.15) is 0 Å². The van der Waals surface area contributed by atoms with Crippen LogP contribution in [0.1, 0.15) is 19.8 Å². The zero-order valence-electron chi connectivity index (χ0n) is 12.0. The Morgan fingerprint density at radius 1 is 1.10 bits per heavy atom. The van der Waals surface area contributed by atoms with E-state index in [0.717, 1.165) is 25.5 Å². The van der Waals surface area contributed by atoms with Gasteiger partial charge >= 0.3 is 24.0 Å². The summed E-state index contributed by atoms with van der Waals surface area (Å²) in [6.45, 7) is 2.13. The van der Waals surface area contributed by atoms with Gasteiger partial charge in [-0.1, -0.05) is 13.3 Å². The van der Waals surface area contributed by atoms with E-state index >= 15 is 0 Å². The molecule has 21 heavy (non-hydrogen) atoms. The number of amides is 4. The molecule has 0 aliphatic carbocycles. The minimum Gasteiger partial charge on any atom is -0.465 e. The van der Waals surface area contributed by atoms with E-state index in [1.807, 2.05) is 12.2 Å². The van der Waals surface area contributed by atoms with Crippen LogP contribution in [0.25, 0.3) is 0 Å². The van der Waals surface area contributed by atoms with Gasteiger partial charge < -0.3 is 9.47 Å². The molecule has 0 radical (unpaired) electrons. The van der Waals surface area contributed by atoms with Gasteiger partial charge in [-0.15, -0.1) is 0 Å². The second kappa shape index (κ2) is 7.27. The molecule has 9 nitrogen and oxygen atoms in total. The molecule has 1 saturated heterocycles. The Bertz CT molecular complexity index is 481. The van der Waals surface area contributed by atoms with E-state index < -0.39 is 29.6 Å². The molecule has 1 fully saturated rings. The number of unbranched alkanes of at least 4 members (excludes halogenated alkanes) is 1. The normalized spacial score (nSPS) is 14.2. The van der Waals surface area contributed by atoms with Crippen LogP contribution in [-0.2, 0) is 19.1 Å². The van der Waals surface area contributed by atoms with E-state index in [-0.39, 0.29) is 12.4 Å². The van der Waals surface area contributed by atoms with Gasteiger partial charge in [0.1, 0.15) is 5.82 Å². The molecule has 0 aromatic carbocycles. The number of esters is 2. The second-order valence-corrected chi connectivity index (χ2v) is 4.10. The zero-order valence-corrected chi connectivity index (χ0v) is 12.0. The maximum absolute atomic E-state index is 11.9. The first kappa shape index (κ1) is 16.5. The molecule has 0 atom stereocenters. The van der Waals surface area contributed by atoms with Crippen molar-refractivity contribution in [2.75, 3.05) is 20.8 Å². The predicted octanol–water partition coefficient (Wildman–Crippen LogP) is 0.0789. The summed E-state index contributed by atoms with van der Waals surface area (Å²) in [6.07, 6.45) is 1.39. The van der Waals surface area contributed by atoms with Crippen molar-refractivity contribution in [2.24, 2.45) is 0 Å². The number of methoxy groups -OCH3 is 2. The number of carbonyl (C=O) groups excluding carboxylic acids is 4. The number of nitrogens with zero attached hydrogens (tertiary/aromatic N) is 1. The third-order valence-electron chi connectivity index (χ3n) is 2.72. The Morgan fingerprint density at radius 2 is 1.67 bits per heavy atom. The molecule has 116 valence electrons. The van der Waals surface area contributed by atoms with Crippen LogP contribution >= 0.6 is 0 Å². The van der Waals surface area contributed by atoms with Gasteiger partial charge in [-0.25, -0.2) is 19.2 Å². The van der Waals surface area contributed by atoms with Crippen LogP contribution in [0.15, 0.2) is 11.4 Å². The molecule has 0 unspecified atom stereocenters. The highest BCUT2D eigenvalue weighted by atomic mass is 16.5. The number of hydrogen-bond acceptors (Lipinski definition) is 6. The SMILES string of the molecule is CCCCN1C(=O)NC(=O)NC1=C(C(=O)OC)C(=O)OC. The van der Waals surface area contributed by atoms with Crippen molar-refractivity contribution in [1.82, 2.24) is 15.5 Å². The Morgan fingerprint density at radius 3 is 2.14 bits per heavy atom. The zero-order chi connectivity index (χ0) is 16.0. The topological polar surface area (TPSA) is 114 Å². The molecule has 0 aromatic rings. The van der Waals surface area contributed by atoms with Crippen molar-refractivity contribution in [2.45, 2.75) is 19.8 Å². The summed E-state index contributed by atoms with van der Waals surface area (Å²) in [4.78, 5) is 47.9. The molecular formula is C12H17N3O6. The molecule has 0 saturated carbocycles. The largest absolute Gasteiger partial charge is 0.465 e. The van der Waals surface area contributed by atoms with Gasteiger partial charge in [0.25, 0.3) is 0 Å². The summed E-state index contributed by atoms with van der Waals surface area (Å²) in [5.41, 5.74) is -0.542. The Hall–Kier alpha value is -2.58. The number of carbonyl (C=O) groups is 4. The Balaban J connectivity index is 3.33. The van der Waals surface area contributed by atoms with E-state index in [1.54, 1.807) is 0 Å². The number of rotatable bonds is 5. The van der Waals surface area contributed by atoms with Crippen molar-refractivity contribution in [3.63, 3.8) is 0 Å². The van der Waals surface area contributed by atoms with Gasteiger partial charge in [-0.05, 0) is 6.42 Å². The summed E-state index contributed by atoms with van der Waals surface area (Å²) in [6, 6.07) is -1.57. The molecule has 1 aliphatic rings. The average Bonchev–Trinajstić information content (AvgIpc) is 2.45. The summed E-state index contributed by atoms with van der Waals surface area (Å²) < 4.78 is 9.01. The molecule has 1 aliphatic heterocycles. The lowest BCUT2D eigenvalue weighted by atomic mass is 10.2. The van der Waals surface area contributed by atoms with Crippen molar-refractivity contribution < 1.29 is 28.7 Å². The third-order valence-corrected chi connectivity index (χ3v) is 2.72. The van der Waals surface area contributed by atoms with Gasteiger partial charge in [0, 0.05) is 6.54 Å². The molecule has 0 spiro atoms. The van der Waals surface area contributed by atoms with Crippen molar-refractivity contribution in [3.8, 4) is 0 Å². The summed E-state index contributed by atoms with van der Waals surface area (Å²) in [5, 5.41) is 4.30. The van der Waals surface area contributed by atoms with E-state index in [0.29, 0.717) is 6.42 Å². The van der Waals surface area contributed by atoms with Crippen LogP contribution in [-0.4, -0.2) is 49.7 Å². The lowest BCUT2D eigenvalue weighted by Gasteiger charge is -2.30. The summed E-state index contributed by atoms with van der Waals surface area (Å²) in [7, 11) is 2.15. The van der Waals surface area contributed by atoms with Crippen LogP contribution in [0.4, 0.5) is 9.59 Å². The van der Waals surface area contributed by atoms with Gasteiger partial charge in [0.05, 0.1) is 14.2 Å². The fraction of sp³-hybridized carbons (Fsp3) is 0.500. The van der Waals surface area contributed by atoms with Crippen LogP contribution < -0.4 is 10.6 Å². The van der Waals surface area contributed by atoms with Crippen LogP contribution in [0.2, 0.25) is 0 Å². The smallest absolute Gasteiger partial charge is 0.349 e. The highest BCUT2D eigenvalue weighted by Crippen LogP contribution is 2.15. The molecule has 0 aromatic heterocycles. The first-order valence-electron chi connectivity index (χ1n) is 6.26. The van der Waals surface area contributed by atoms with E-state index in [1.165, 1.54) is 0 Å². The first-order chi connectivity index (χ1) is 9.96. The van der Waals surface area contributed by atoms with E-state index in [4.69, 9.17) is 0 Å². The first-order valence-corrected chi connectivity index (χ1v) is 6.26.